The Morgan fingerprint density at radius 3 is 2.61 bits per heavy atom. The van der Waals surface area contributed by atoms with E-state index in [1.54, 1.807) is 6.07 Å². The molecular weight excluding hydrogens is 297 g/mol. The van der Waals surface area contributed by atoms with Crippen LogP contribution >= 0.6 is 0 Å². The van der Waals surface area contributed by atoms with Crippen molar-refractivity contribution in [2.45, 2.75) is 13.8 Å². The van der Waals surface area contributed by atoms with Crippen molar-refractivity contribution in [3.8, 4) is 11.3 Å². The van der Waals surface area contributed by atoms with E-state index in [1.807, 2.05) is 32.0 Å². The van der Waals surface area contributed by atoms with Crippen LogP contribution in [0.4, 0.5) is 10.2 Å². The van der Waals surface area contributed by atoms with Gasteiger partial charge in [-0.05, 0) is 53.5 Å². The number of hydrogen-bond donors (Lipinski definition) is 1. The van der Waals surface area contributed by atoms with Crippen LogP contribution in [0.3, 0.4) is 0 Å². The Bertz CT molecular complexity index is 874. The highest BCUT2D eigenvalue weighted by Crippen LogP contribution is 2.26. The molecule has 1 N–H and O–H groups in total. The topological polar surface area (TPSA) is 68.0 Å². The summed E-state index contributed by atoms with van der Waals surface area (Å²) < 4.78 is 18.4. The lowest BCUT2D eigenvalue weighted by Gasteiger charge is -2.05. The molecule has 2 aromatic carbocycles. The van der Waals surface area contributed by atoms with E-state index in [-0.39, 0.29) is 11.4 Å². The number of aromatic nitrogens is 2. The number of benzene rings is 2. The van der Waals surface area contributed by atoms with Crippen molar-refractivity contribution in [2.75, 3.05) is 5.32 Å². The van der Waals surface area contributed by atoms with Gasteiger partial charge in [-0.2, -0.15) is 0 Å². The molecular formula is C17H14FN3O2. The smallest absolute Gasteiger partial charge is 0.259 e. The molecule has 0 aliphatic rings. The lowest BCUT2D eigenvalue weighted by molar-refractivity contribution is 0.102. The summed E-state index contributed by atoms with van der Waals surface area (Å²) in [5, 5.41) is 10.1. The first kappa shape index (κ1) is 14.9. The maximum Gasteiger partial charge on any atom is 0.259 e. The van der Waals surface area contributed by atoms with Crippen molar-refractivity contribution in [3.63, 3.8) is 0 Å². The Morgan fingerprint density at radius 1 is 1.09 bits per heavy atom. The Hall–Kier alpha value is -3.02. The highest BCUT2D eigenvalue weighted by Gasteiger charge is 2.18. The summed E-state index contributed by atoms with van der Waals surface area (Å²) in [7, 11) is 0. The van der Waals surface area contributed by atoms with Gasteiger partial charge in [0.1, 0.15) is 5.82 Å². The number of halogens is 1. The van der Waals surface area contributed by atoms with E-state index in [4.69, 9.17) is 4.63 Å². The quantitative estimate of drug-likeness (QED) is 0.800. The SMILES string of the molecule is Cc1ccc(-c2nonc2NC(=O)c2ccccc2F)cc1C. The lowest BCUT2D eigenvalue weighted by Crippen LogP contribution is -2.14. The molecule has 0 aliphatic heterocycles. The molecule has 0 bridgehead atoms. The van der Waals surface area contributed by atoms with E-state index in [2.05, 4.69) is 15.6 Å². The summed E-state index contributed by atoms with van der Waals surface area (Å²) in [6.07, 6.45) is 0. The largest absolute Gasteiger partial charge is 0.302 e. The van der Waals surface area contributed by atoms with Crippen LogP contribution in [-0.2, 0) is 0 Å². The molecule has 1 aromatic heterocycles. The van der Waals surface area contributed by atoms with Gasteiger partial charge in [0.2, 0.25) is 5.82 Å². The number of rotatable bonds is 3. The van der Waals surface area contributed by atoms with Gasteiger partial charge < -0.3 is 5.32 Å². The van der Waals surface area contributed by atoms with Crippen LogP contribution in [0.25, 0.3) is 11.3 Å². The molecule has 1 heterocycles. The Kier molecular flexibility index (Phi) is 3.89. The summed E-state index contributed by atoms with van der Waals surface area (Å²) in [6.45, 7) is 3.98. The fourth-order valence-corrected chi connectivity index (χ4v) is 2.17. The van der Waals surface area contributed by atoms with Gasteiger partial charge >= 0.3 is 0 Å². The summed E-state index contributed by atoms with van der Waals surface area (Å²) in [5.74, 6) is -1.06. The Morgan fingerprint density at radius 2 is 1.87 bits per heavy atom. The van der Waals surface area contributed by atoms with E-state index in [0.717, 1.165) is 16.7 Å². The number of aryl methyl sites for hydroxylation is 2. The highest BCUT2D eigenvalue weighted by atomic mass is 19.1. The number of carbonyl (C=O) groups excluding carboxylic acids is 1. The monoisotopic (exact) mass is 311 g/mol. The van der Waals surface area contributed by atoms with Crippen molar-refractivity contribution < 1.29 is 13.8 Å². The van der Waals surface area contributed by atoms with Crippen LogP contribution in [0.15, 0.2) is 47.1 Å². The van der Waals surface area contributed by atoms with E-state index < -0.39 is 11.7 Å². The third-order valence-corrected chi connectivity index (χ3v) is 3.62. The van der Waals surface area contributed by atoms with E-state index in [9.17, 15) is 9.18 Å². The maximum absolute atomic E-state index is 13.7. The maximum atomic E-state index is 13.7. The van der Waals surface area contributed by atoms with Crippen LogP contribution < -0.4 is 5.32 Å². The van der Waals surface area contributed by atoms with Crippen molar-refractivity contribution in [1.29, 1.82) is 0 Å². The normalized spacial score (nSPS) is 10.6. The zero-order valence-corrected chi connectivity index (χ0v) is 12.6. The average Bonchev–Trinajstić information content (AvgIpc) is 2.98. The molecule has 116 valence electrons. The molecule has 0 saturated carbocycles. The molecule has 0 unspecified atom stereocenters. The van der Waals surface area contributed by atoms with Gasteiger partial charge in [0, 0.05) is 5.56 Å². The standard InChI is InChI=1S/C17H14FN3O2/c1-10-7-8-12(9-11(10)2)15-16(21-23-20-15)19-17(22)13-5-3-4-6-14(13)18/h3-9H,1-2H3,(H,19,21,22). The Balaban J connectivity index is 1.91. The molecule has 0 atom stereocenters. The first-order chi connectivity index (χ1) is 11.1. The second kappa shape index (κ2) is 6.00. The highest BCUT2D eigenvalue weighted by molar-refractivity contribution is 6.05. The van der Waals surface area contributed by atoms with Gasteiger partial charge in [0.05, 0.1) is 5.56 Å². The summed E-state index contributed by atoms with van der Waals surface area (Å²) in [4.78, 5) is 12.2. The van der Waals surface area contributed by atoms with Gasteiger partial charge in [0.25, 0.3) is 5.91 Å². The first-order valence-electron chi connectivity index (χ1n) is 7.02. The van der Waals surface area contributed by atoms with Crippen LogP contribution in [0, 0.1) is 19.7 Å². The molecule has 3 aromatic rings. The molecule has 0 radical (unpaired) electrons. The number of carbonyl (C=O) groups is 1. The number of amides is 1. The molecule has 0 saturated heterocycles. The summed E-state index contributed by atoms with van der Waals surface area (Å²) in [5.41, 5.74) is 3.32. The van der Waals surface area contributed by atoms with Gasteiger partial charge in [-0.1, -0.05) is 24.3 Å². The number of anilines is 1. The lowest BCUT2D eigenvalue weighted by atomic mass is 10.0. The van der Waals surface area contributed by atoms with Crippen molar-refractivity contribution in [2.24, 2.45) is 0 Å². The zero-order chi connectivity index (χ0) is 16.4. The van der Waals surface area contributed by atoms with E-state index >= 15 is 0 Å². The number of hydrogen-bond acceptors (Lipinski definition) is 4. The second-order valence-corrected chi connectivity index (χ2v) is 5.19. The number of nitrogens with zero attached hydrogens (tertiary/aromatic N) is 2. The minimum absolute atomic E-state index is 0.0680. The third kappa shape index (κ3) is 2.96. The second-order valence-electron chi connectivity index (χ2n) is 5.19. The molecule has 0 spiro atoms. The van der Waals surface area contributed by atoms with Gasteiger partial charge in [0.15, 0.2) is 5.69 Å². The van der Waals surface area contributed by atoms with Crippen LogP contribution in [0.5, 0.6) is 0 Å². The molecule has 1 amide bonds. The zero-order valence-electron chi connectivity index (χ0n) is 12.6. The van der Waals surface area contributed by atoms with Crippen molar-refractivity contribution in [3.05, 3.63) is 65.0 Å². The molecule has 5 nitrogen and oxygen atoms in total. The average molecular weight is 311 g/mol. The van der Waals surface area contributed by atoms with E-state index in [0.29, 0.717) is 5.69 Å². The van der Waals surface area contributed by atoms with Crippen LogP contribution in [-0.4, -0.2) is 16.2 Å². The Labute approximate surface area is 132 Å². The van der Waals surface area contributed by atoms with Crippen molar-refractivity contribution in [1.82, 2.24) is 10.3 Å². The first-order valence-corrected chi connectivity index (χ1v) is 7.02. The molecule has 23 heavy (non-hydrogen) atoms. The molecule has 6 heteroatoms. The van der Waals surface area contributed by atoms with Gasteiger partial charge in [-0.15, -0.1) is 0 Å². The minimum atomic E-state index is -0.608. The van der Waals surface area contributed by atoms with E-state index in [1.165, 1.54) is 18.2 Å². The third-order valence-electron chi connectivity index (χ3n) is 3.62. The molecule has 3 rings (SSSR count). The van der Waals surface area contributed by atoms with Gasteiger partial charge in [-0.25, -0.2) is 9.02 Å². The molecule has 0 fully saturated rings. The fraction of sp³-hybridized carbons (Fsp3) is 0.118. The fourth-order valence-electron chi connectivity index (χ4n) is 2.17. The summed E-state index contributed by atoms with van der Waals surface area (Å²) in [6, 6.07) is 11.5. The molecule has 0 aliphatic carbocycles. The number of nitrogens with one attached hydrogen (secondary N) is 1. The minimum Gasteiger partial charge on any atom is -0.302 e. The predicted octanol–water partition coefficient (Wildman–Crippen LogP) is 3.74. The van der Waals surface area contributed by atoms with Crippen LogP contribution in [0.2, 0.25) is 0 Å². The predicted molar refractivity (Wildman–Crippen MR) is 83.6 cm³/mol. The van der Waals surface area contributed by atoms with Crippen molar-refractivity contribution >= 4 is 11.7 Å². The van der Waals surface area contributed by atoms with Gasteiger partial charge in [-0.3, -0.25) is 4.79 Å². The summed E-state index contributed by atoms with van der Waals surface area (Å²) >= 11 is 0. The van der Waals surface area contributed by atoms with Crippen LogP contribution in [0.1, 0.15) is 21.5 Å².